The number of piperidine rings is 1. The van der Waals surface area contributed by atoms with Crippen LogP contribution in [0.25, 0.3) is 22.3 Å². The van der Waals surface area contributed by atoms with Gasteiger partial charge in [-0.2, -0.15) is 18.4 Å². The third-order valence-corrected chi connectivity index (χ3v) is 8.79. The van der Waals surface area contributed by atoms with Gasteiger partial charge in [0.15, 0.2) is 5.65 Å². The summed E-state index contributed by atoms with van der Waals surface area (Å²) in [6.07, 6.45) is 0.207. The van der Waals surface area contributed by atoms with Crippen molar-refractivity contribution < 1.29 is 21.6 Å². The van der Waals surface area contributed by atoms with Gasteiger partial charge in [-0.15, -0.1) is 0 Å². The number of nitrogens with one attached hydrogen (secondary N) is 2. The number of aromatic nitrogens is 4. The summed E-state index contributed by atoms with van der Waals surface area (Å²) in [5.41, 5.74) is -0.448. The third kappa shape index (κ3) is 5.24. The van der Waals surface area contributed by atoms with Gasteiger partial charge in [0.05, 0.1) is 27.9 Å². The average Bonchev–Trinajstić information content (AvgIpc) is 3.33. The van der Waals surface area contributed by atoms with Gasteiger partial charge in [-0.3, -0.25) is 0 Å². The van der Waals surface area contributed by atoms with Gasteiger partial charge in [0.1, 0.15) is 6.07 Å². The Labute approximate surface area is 229 Å². The zero-order valence-corrected chi connectivity index (χ0v) is 22.5. The Morgan fingerprint density at radius 1 is 1.15 bits per heavy atom. The number of benzene rings is 1. The maximum atomic E-state index is 13.7. The van der Waals surface area contributed by atoms with Crippen molar-refractivity contribution in [1.29, 1.82) is 5.26 Å². The number of hydrogen-bond donors (Lipinski definition) is 2. The highest BCUT2D eigenvalue weighted by atomic mass is 32.2. The van der Waals surface area contributed by atoms with Crippen LogP contribution in [0.1, 0.15) is 36.5 Å². The summed E-state index contributed by atoms with van der Waals surface area (Å²) < 4.78 is 69.1. The monoisotopic (exact) mass is 569 g/mol. The highest BCUT2D eigenvalue weighted by molar-refractivity contribution is 7.90. The molecule has 4 heterocycles. The first-order chi connectivity index (χ1) is 19.0. The standard InChI is InChI=1S/C27H26F3N7O2S/c1-16-3-5-21(6-4-16)40(38,39)37-15-23(22-11-20(27(28,29)30)14-33-25(22)37)24-19(12-31)13-34-26(36-24)35-17(2)18-7-9-32-10-8-18/h3-6,11,13-15,17-18,32H,7-10H2,1-2H3,(H,34,35,36)/t17-/m1/s1. The largest absolute Gasteiger partial charge is 0.417 e. The van der Waals surface area contributed by atoms with Crippen LogP contribution in [0.5, 0.6) is 0 Å². The van der Waals surface area contributed by atoms with E-state index in [9.17, 15) is 26.9 Å². The molecule has 1 aliphatic rings. The number of fused-ring (bicyclic) bond motifs is 1. The molecule has 5 rings (SSSR count). The Hall–Kier alpha value is -4.02. The SMILES string of the molecule is Cc1ccc(S(=O)(=O)n2cc(-c3nc(N[C@H](C)C4CCNCC4)ncc3C#N)c3cc(C(F)(F)F)cnc32)cc1. The van der Waals surface area contributed by atoms with Crippen molar-refractivity contribution in [2.75, 3.05) is 18.4 Å². The van der Waals surface area contributed by atoms with Gasteiger partial charge < -0.3 is 10.6 Å². The minimum atomic E-state index is -4.73. The van der Waals surface area contributed by atoms with E-state index in [4.69, 9.17) is 0 Å². The minimum Gasteiger partial charge on any atom is -0.351 e. The number of nitriles is 1. The van der Waals surface area contributed by atoms with Crippen LogP contribution in [0.15, 0.2) is 53.8 Å². The summed E-state index contributed by atoms with van der Waals surface area (Å²) in [6.45, 7) is 5.58. The number of anilines is 1. The lowest BCUT2D eigenvalue weighted by Gasteiger charge is -2.28. The van der Waals surface area contributed by atoms with E-state index < -0.39 is 21.8 Å². The minimum absolute atomic E-state index is 0.00138. The fourth-order valence-corrected chi connectivity index (χ4v) is 6.16. The van der Waals surface area contributed by atoms with Crippen molar-refractivity contribution >= 4 is 27.0 Å². The van der Waals surface area contributed by atoms with Crippen molar-refractivity contribution in [3.8, 4) is 17.3 Å². The van der Waals surface area contributed by atoms with E-state index in [1.165, 1.54) is 18.3 Å². The molecule has 4 aromatic rings. The summed E-state index contributed by atoms with van der Waals surface area (Å²) >= 11 is 0. The van der Waals surface area contributed by atoms with Crippen molar-refractivity contribution in [2.24, 2.45) is 5.92 Å². The third-order valence-electron chi connectivity index (χ3n) is 7.13. The molecule has 1 aliphatic heterocycles. The average molecular weight is 570 g/mol. The van der Waals surface area contributed by atoms with E-state index in [1.54, 1.807) is 19.1 Å². The van der Waals surface area contributed by atoms with Crippen molar-refractivity contribution in [1.82, 2.24) is 24.2 Å². The van der Waals surface area contributed by atoms with Crippen molar-refractivity contribution in [2.45, 2.75) is 43.8 Å². The summed E-state index contributed by atoms with van der Waals surface area (Å²) in [5, 5.41) is 16.2. The van der Waals surface area contributed by atoms with Crippen LogP contribution in [0.2, 0.25) is 0 Å². The molecule has 0 unspecified atom stereocenters. The predicted molar refractivity (Wildman–Crippen MR) is 143 cm³/mol. The van der Waals surface area contributed by atoms with Crippen LogP contribution in [-0.4, -0.2) is 46.5 Å². The van der Waals surface area contributed by atoms with Crippen LogP contribution >= 0.6 is 0 Å². The molecule has 9 nitrogen and oxygen atoms in total. The lowest BCUT2D eigenvalue weighted by atomic mass is 9.91. The fraction of sp³-hybridized carbons (Fsp3) is 0.333. The molecule has 13 heteroatoms. The van der Waals surface area contributed by atoms with Crippen LogP contribution < -0.4 is 10.6 Å². The number of rotatable bonds is 6. The van der Waals surface area contributed by atoms with E-state index in [-0.39, 0.29) is 44.7 Å². The first kappa shape index (κ1) is 27.5. The summed E-state index contributed by atoms with van der Waals surface area (Å²) in [4.78, 5) is 12.6. The lowest BCUT2D eigenvalue weighted by molar-refractivity contribution is -0.137. The Morgan fingerprint density at radius 2 is 1.85 bits per heavy atom. The van der Waals surface area contributed by atoms with Crippen LogP contribution in [0.3, 0.4) is 0 Å². The van der Waals surface area contributed by atoms with Crippen molar-refractivity contribution in [3.05, 3.63) is 65.6 Å². The zero-order chi connectivity index (χ0) is 28.7. The molecule has 1 atom stereocenters. The van der Waals surface area contributed by atoms with E-state index in [0.29, 0.717) is 12.1 Å². The number of pyridine rings is 1. The molecule has 0 bridgehead atoms. The fourth-order valence-electron chi connectivity index (χ4n) is 4.83. The van der Waals surface area contributed by atoms with Gasteiger partial charge in [0, 0.05) is 29.4 Å². The van der Waals surface area contributed by atoms with E-state index in [0.717, 1.165) is 47.7 Å². The normalized spacial score (nSPS) is 15.6. The molecule has 0 amide bonds. The number of halogens is 3. The first-order valence-corrected chi connectivity index (χ1v) is 14.1. The maximum absolute atomic E-state index is 13.7. The van der Waals surface area contributed by atoms with Crippen LogP contribution in [0, 0.1) is 24.2 Å². The first-order valence-electron chi connectivity index (χ1n) is 12.6. The van der Waals surface area contributed by atoms with E-state index in [1.807, 2.05) is 13.0 Å². The molecule has 0 aliphatic carbocycles. The Morgan fingerprint density at radius 3 is 2.50 bits per heavy atom. The maximum Gasteiger partial charge on any atom is 0.417 e. The molecular formula is C27H26F3N7O2S. The van der Waals surface area contributed by atoms with Gasteiger partial charge in [-0.1, -0.05) is 17.7 Å². The second kappa shape index (κ2) is 10.5. The number of hydrogen-bond acceptors (Lipinski definition) is 8. The Kier molecular flexibility index (Phi) is 7.24. The second-order valence-corrected chi connectivity index (χ2v) is 11.7. The summed E-state index contributed by atoms with van der Waals surface area (Å²) in [5.74, 6) is 0.534. The molecule has 40 heavy (non-hydrogen) atoms. The number of aryl methyl sites for hydroxylation is 1. The second-order valence-electron chi connectivity index (χ2n) is 9.84. The molecular weight excluding hydrogens is 543 g/mol. The molecule has 1 aromatic carbocycles. The van der Waals surface area contributed by atoms with Gasteiger partial charge in [0.2, 0.25) is 5.95 Å². The summed E-state index contributed by atoms with van der Waals surface area (Å²) in [6, 6.07) is 8.85. The van der Waals surface area contributed by atoms with E-state index in [2.05, 4.69) is 25.6 Å². The highest BCUT2D eigenvalue weighted by Gasteiger charge is 2.33. The molecule has 3 aromatic heterocycles. The van der Waals surface area contributed by atoms with Gasteiger partial charge in [-0.05, 0) is 63.9 Å². The molecule has 2 N–H and O–H groups in total. The van der Waals surface area contributed by atoms with Gasteiger partial charge in [0.25, 0.3) is 10.0 Å². The smallest absolute Gasteiger partial charge is 0.351 e. The predicted octanol–water partition coefficient (Wildman–Crippen LogP) is 4.73. The van der Waals surface area contributed by atoms with Crippen molar-refractivity contribution in [3.63, 3.8) is 0 Å². The van der Waals surface area contributed by atoms with Crippen LogP contribution in [-0.2, 0) is 16.2 Å². The zero-order valence-electron chi connectivity index (χ0n) is 21.7. The Balaban J connectivity index is 1.68. The van der Waals surface area contributed by atoms with Gasteiger partial charge in [-0.25, -0.2) is 27.3 Å². The molecule has 0 spiro atoms. The quantitative estimate of drug-likeness (QED) is 0.342. The molecule has 0 saturated carbocycles. The molecule has 1 saturated heterocycles. The molecule has 208 valence electrons. The van der Waals surface area contributed by atoms with Gasteiger partial charge >= 0.3 is 6.18 Å². The summed E-state index contributed by atoms with van der Waals surface area (Å²) in [7, 11) is -4.26. The van der Waals surface area contributed by atoms with E-state index >= 15 is 0 Å². The number of nitrogens with zero attached hydrogens (tertiary/aromatic N) is 5. The topological polar surface area (TPSA) is 126 Å². The highest BCUT2D eigenvalue weighted by Crippen LogP contribution is 2.37. The molecule has 1 fully saturated rings. The molecule has 0 radical (unpaired) electrons. The van der Waals surface area contributed by atoms with Crippen LogP contribution in [0.4, 0.5) is 19.1 Å². The Bertz CT molecular complexity index is 1710. The number of alkyl halides is 3. The lowest BCUT2D eigenvalue weighted by Crippen LogP contribution is -2.36.